The molecular formula is C14H11N3O3. The number of benzene rings is 1. The summed E-state index contributed by atoms with van der Waals surface area (Å²) >= 11 is 0. The van der Waals surface area contributed by atoms with E-state index in [1.165, 1.54) is 7.11 Å². The van der Waals surface area contributed by atoms with E-state index in [9.17, 15) is 4.79 Å². The number of anilines is 2. The number of hydrogen-bond acceptors (Lipinski definition) is 6. The summed E-state index contributed by atoms with van der Waals surface area (Å²) in [6.07, 6.45) is 3.32. The normalized spacial score (nSPS) is 10.4. The number of hydrogen-bond donors (Lipinski definition) is 1. The molecule has 0 saturated carbocycles. The monoisotopic (exact) mass is 269 g/mol. The standard InChI is InChI=1S/C14H11N3O3/c1-19-13(18)10-3-2-4-11-12(10)17-14(20-11)16-9-5-7-15-8-6-9/h2-8H,1H3,(H,15,16,17). The lowest BCUT2D eigenvalue weighted by atomic mass is 10.2. The first-order valence-corrected chi connectivity index (χ1v) is 5.93. The summed E-state index contributed by atoms with van der Waals surface area (Å²) in [6, 6.07) is 8.99. The van der Waals surface area contributed by atoms with Gasteiger partial charge >= 0.3 is 5.97 Å². The quantitative estimate of drug-likeness (QED) is 0.737. The van der Waals surface area contributed by atoms with Gasteiger partial charge in [0.2, 0.25) is 0 Å². The van der Waals surface area contributed by atoms with Crippen LogP contribution in [0.25, 0.3) is 11.1 Å². The number of methoxy groups -OCH3 is 1. The second-order valence-corrected chi connectivity index (χ2v) is 4.02. The van der Waals surface area contributed by atoms with Crippen LogP contribution < -0.4 is 5.32 Å². The van der Waals surface area contributed by atoms with E-state index >= 15 is 0 Å². The molecule has 6 heteroatoms. The molecular weight excluding hydrogens is 258 g/mol. The molecule has 0 radical (unpaired) electrons. The number of nitrogens with one attached hydrogen (secondary N) is 1. The van der Waals surface area contributed by atoms with Crippen LogP contribution in [0.1, 0.15) is 10.4 Å². The first-order chi connectivity index (χ1) is 9.78. The Kier molecular flexibility index (Phi) is 3.04. The molecule has 3 aromatic rings. The molecule has 3 rings (SSSR count). The topological polar surface area (TPSA) is 77.2 Å². The Hall–Kier alpha value is -2.89. The smallest absolute Gasteiger partial charge is 0.340 e. The SMILES string of the molecule is COC(=O)c1cccc2oc(Nc3ccncc3)nc12. The summed E-state index contributed by atoms with van der Waals surface area (Å²) in [5, 5.41) is 3.01. The lowest BCUT2D eigenvalue weighted by molar-refractivity contribution is 0.0603. The number of rotatable bonds is 3. The molecule has 0 fully saturated rings. The average molecular weight is 269 g/mol. The van der Waals surface area contributed by atoms with Crippen LogP contribution in [-0.2, 0) is 4.74 Å². The van der Waals surface area contributed by atoms with Crippen LogP contribution in [0.2, 0.25) is 0 Å². The minimum Gasteiger partial charge on any atom is -0.465 e. The fourth-order valence-corrected chi connectivity index (χ4v) is 1.84. The zero-order valence-electron chi connectivity index (χ0n) is 10.7. The number of pyridine rings is 1. The van der Waals surface area contributed by atoms with Crippen molar-refractivity contribution >= 4 is 28.8 Å². The Balaban J connectivity index is 2.00. The van der Waals surface area contributed by atoms with E-state index in [0.717, 1.165) is 5.69 Å². The average Bonchev–Trinajstić information content (AvgIpc) is 2.89. The molecule has 0 aliphatic rings. The van der Waals surface area contributed by atoms with Crippen molar-refractivity contribution in [1.82, 2.24) is 9.97 Å². The number of para-hydroxylation sites is 1. The Bertz CT molecular complexity index is 753. The maximum absolute atomic E-state index is 11.7. The van der Waals surface area contributed by atoms with Gasteiger partial charge in [-0.05, 0) is 24.3 Å². The maximum Gasteiger partial charge on any atom is 0.340 e. The minimum absolute atomic E-state index is 0.308. The molecule has 0 aliphatic carbocycles. The molecule has 0 bridgehead atoms. The largest absolute Gasteiger partial charge is 0.465 e. The number of aromatic nitrogens is 2. The molecule has 0 unspecified atom stereocenters. The van der Waals surface area contributed by atoms with Crippen LogP contribution in [0.4, 0.5) is 11.7 Å². The number of carbonyl (C=O) groups is 1. The van der Waals surface area contributed by atoms with Gasteiger partial charge in [-0.3, -0.25) is 4.98 Å². The van der Waals surface area contributed by atoms with Crippen molar-refractivity contribution in [3.05, 3.63) is 48.3 Å². The van der Waals surface area contributed by atoms with Crippen LogP contribution in [0.15, 0.2) is 47.1 Å². The van der Waals surface area contributed by atoms with Gasteiger partial charge in [0, 0.05) is 18.1 Å². The zero-order chi connectivity index (χ0) is 13.9. The summed E-state index contributed by atoms with van der Waals surface area (Å²) < 4.78 is 10.3. The summed E-state index contributed by atoms with van der Waals surface area (Å²) in [4.78, 5) is 19.9. The van der Waals surface area contributed by atoms with Gasteiger partial charge in [-0.25, -0.2) is 4.79 Å². The van der Waals surface area contributed by atoms with Crippen molar-refractivity contribution in [2.45, 2.75) is 0 Å². The number of nitrogens with zero attached hydrogens (tertiary/aromatic N) is 2. The van der Waals surface area contributed by atoms with E-state index in [4.69, 9.17) is 9.15 Å². The summed E-state index contributed by atoms with van der Waals surface area (Å²) in [5.41, 5.74) is 2.16. The van der Waals surface area contributed by atoms with Crippen molar-refractivity contribution < 1.29 is 13.9 Å². The maximum atomic E-state index is 11.7. The highest BCUT2D eigenvalue weighted by Crippen LogP contribution is 2.24. The number of oxazole rings is 1. The van der Waals surface area contributed by atoms with Gasteiger partial charge in [0.15, 0.2) is 5.58 Å². The number of ether oxygens (including phenoxy) is 1. The van der Waals surface area contributed by atoms with Gasteiger partial charge < -0.3 is 14.5 Å². The summed E-state index contributed by atoms with van der Waals surface area (Å²) in [6.45, 7) is 0. The van der Waals surface area contributed by atoms with E-state index in [1.54, 1.807) is 42.7 Å². The Labute approximate surface area is 114 Å². The van der Waals surface area contributed by atoms with Crippen LogP contribution >= 0.6 is 0 Å². The zero-order valence-corrected chi connectivity index (χ0v) is 10.7. The van der Waals surface area contributed by atoms with Gasteiger partial charge in [-0.2, -0.15) is 4.98 Å². The lowest BCUT2D eigenvalue weighted by Gasteiger charge is -1.98. The molecule has 0 amide bonds. The van der Waals surface area contributed by atoms with Gasteiger partial charge in [-0.1, -0.05) is 6.07 Å². The highest BCUT2D eigenvalue weighted by molar-refractivity contribution is 6.01. The van der Waals surface area contributed by atoms with Crippen LogP contribution in [0.5, 0.6) is 0 Å². The molecule has 0 saturated heterocycles. The molecule has 0 atom stereocenters. The molecule has 2 aromatic heterocycles. The fraction of sp³-hybridized carbons (Fsp3) is 0.0714. The predicted molar refractivity (Wildman–Crippen MR) is 72.9 cm³/mol. The first-order valence-electron chi connectivity index (χ1n) is 5.93. The fourth-order valence-electron chi connectivity index (χ4n) is 1.84. The predicted octanol–water partition coefficient (Wildman–Crippen LogP) is 2.75. The van der Waals surface area contributed by atoms with Gasteiger partial charge in [-0.15, -0.1) is 0 Å². The van der Waals surface area contributed by atoms with Crippen LogP contribution in [0.3, 0.4) is 0 Å². The second-order valence-electron chi connectivity index (χ2n) is 4.02. The Morgan fingerprint density at radius 3 is 2.80 bits per heavy atom. The highest BCUT2D eigenvalue weighted by atomic mass is 16.5. The van der Waals surface area contributed by atoms with Gasteiger partial charge in [0.1, 0.15) is 5.52 Å². The minimum atomic E-state index is -0.445. The third kappa shape index (κ3) is 2.18. The summed E-state index contributed by atoms with van der Waals surface area (Å²) in [5.74, 6) is -0.445. The number of esters is 1. The molecule has 6 nitrogen and oxygen atoms in total. The molecule has 0 aliphatic heterocycles. The van der Waals surface area contributed by atoms with Crippen molar-refractivity contribution in [2.24, 2.45) is 0 Å². The molecule has 20 heavy (non-hydrogen) atoms. The van der Waals surface area contributed by atoms with Crippen LogP contribution in [0, 0.1) is 0 Å². The van der Waals surface area contributed by atoms with E-state index in [-0.39, 0.29) is 0 Å². The van der Waals surface area contributed by atoms with E-state index in [0.29, 0.717) is 22.7 Å². The third-order valence-electron chi connectivity index (χ3n) is 2.76. The third-order valence-corrected chi connectivity index (χ3v) is 2.76. The van der Waals surface area contributed by atoms with Crippen molar-refractivity contribution in [3.8, 4) is 0 Å². The van der Waals surface area contributed by atoms with E-state index in [2.05, 4.69) is 15.3 Å². The first kappa shape index (κ1) is 12.2. The van der Waals surface area contributed by atoms with Crippen LogP contribution in [-0.4, -0.2) is 23.0 Å². The van der Waals surface area contributed by atoms with E-state index < -0.39 is 5.97 Å². The second kappa shape index (κ2) is 5.00. The Morgan fingerprint density at radius 1 is 1.25 bits per heavy atom. The van der Waals surface area contributed by atoms with Crippen molar-refractivity contribution in [2.75, 3.05) is 12.4 Å². The Morgan fingerprint density at radius 2 is 2.05 bits per heavy atom. The molecule has 1 N–H and O–H groups in total. The molecule has 1 aromatic carbocycles. The van der Waals surface area contributed by atoms with Crippen molar-refractivity contribution in [3.63, 3.8) is 0 Å². The van der Waals surface area contributed by atoms with E-state index in [1.807, 2.05) is 0 Å². The highest BCUT2D eigenvalue weighted by Gasteiger charge is 2.15. The molecule has 0 spiro atoms. The van der Waals surface area contributed by atoms with Crippen molar-refractivity contribution in [1.29, 1.82) is 0 Å². The summed E-state index contributed by atoms with van der Waals surface area (Å²) in [7, 11) is 1.33. The van der Waals surface area contributed by atoms with Gasteiger partial charge in [0.25, 0.3) is 6.01 Å². The molecule has 100 valence electrons. The lowest BCUT2D eigenvalue weighted by Crippen LogP contribution is -2.01. The molecule has 2 heterocycles. The number of fused-ring (bicyclic) bond motifs is 1. The number of carbonyl (C=O) groups excluding carboxylic acids is 1. The van der Waals surface area contributed by atoms with Gasteiger partial charge in [0.05, 0.1) is 12.7 Å².